The molecule has 0 saturated heterocycles. The first-order valence-corrected chi connectivity index (χ1v) is 7.33. The molecule has 2 N–H and O–H groups in total. The van der Waals surface area contributed by atoms with Crippen molar-refractivity contribution in [3.63, 3.8) is 0 Å². The predicted molar refractivity (Wildman–Crippen MR) is 85.2 cm³/mol. The van der Waals surface area contributed by atoms with Crippen LogP contribution in [0.3, 0.4) is 0 Å². The first kappa shape index (κ1) is 14.4. The van der Waals surface area contributed by atoms with Crippen LogP contribution in [0.1, 0.15) is 41.0 Å². The first-order valence-electron chi connectivity index (χ1n) is 6.54. The summed E-state index contributed by atoms with van der Waals surface area (Å²) >= 11 is 3.48. The van der Waals surface area contributed by atoms with Gasteiger partial charge < -0.3 is 10.3 Å². The molecule has 2 aromatic rings. The molecule has 0 fully saturated rings. The van der Waals surface area contributed by atoms with Crippen LogP contribution in [-0.2, 0) is 5.54 Å². The van der Waals surface area contributed by atoms with Gasteiger partial charge in [-0.1, -0.05) is 36.7 Å². The number of benzene rings is 1. The molecular formula is C15H22BrN3. The third-order valence-corrected chi connectivity index (χ3v) is 3.70. The van der Waals surface area contributed by atoms with Gasteiger partial charge in [-0.3, -0.25) is 0 Å². The minimum atomic E-state index is -0.0646. The Morgan fingerprint density at radius 2 is 1.84 bits per heavy atom. The van der Waals surface area contributed by atoms with E-state index in [1.165, 1.54) is 0 Å². The summed E-state index contributed by atoms with van der Waals surface area (Å²) in [7, 11) is 0. The maximum absolute atomic E-state index is 6.14. The van der Waals surface area contributed by atoms with Gasteiger partial charge in [0.15, 0.2) is 0 Å². The molecule has 104 valence electrons. The van der Waals surface area contributed by atoms with E-state index in [9.17, 15) is 0 Å². The van der Waals surface area contributed by atoms with E-state index in [2.05, 4.69) is 66.2 Å². The highest BCUT2D eigenvalue weighted by Crippen LogP contribution is 2.36. The normalized spacial score (nSPS) is 13.2. The van der Waals surface area contributed by atoms with E-state index in [4.69, 9.17) is 5.73 Å². The van der Waals surface area contributed by atoms with Crippen LogP contribution in [0, 0.1) is 5.41 Å². The fraction of sp³-hybridized carbons (Fsp3) is 0.533. The standard InChI is InChI=1S/C15H22BrN3/c1-14(2,3)9-15(4,5)19-12-7-6-10(16)8-11(12)18-13(19)17/h6-8H,9H2,1-5H3,(H2,17,18). The van der Waals surface area contributed by atoms with Gasteiger partial charge in [0.05, 0.1) is 11.0 Å². The lowest BCUT2D eigenvalue weighted by Gasteiger charge is -2.34. The molecule has 1 heterocycles. The maximum Gasteiger partial charge on any atom is 0.201 e. The van der Waals surface area contributed by atoms with Crippen molar-refractivity contribution in [2.24, 2.45) is 5.41 Å². The van der Waals surface area contributed by atoms with Gasteiger partial charge >= 0.3 is 0 Å². The lowest BCUT2D eigenvalue weighted by molar-refractivity contribution is 0.222. The molecule has 0 saturated carbocycles. The molecule has 3 nitrogen and oxygen atoms in total. The summed E-state index contributed by atoms with van der Waals surface area (Å²) in [6, 6.07) is 6.12. The average Bonchev–Trinajstić information content (AvgIpc) is 2.49. The molecule has 0 aliphatic carbocycles. The fourth-order valence-electron chi connectivity index (χ4n) is 3.09. The van der Waals surface area contributed by atoms with Crippen molar-refractivity contribution in [2.75, 3.05) is 5.73 Å². The zero-order chi connectivity index (χ0) is 14.4. The number of aromatic nitrogens is 2. The van der Waals surface area contributed by atoms with E-state index in [0.717, 1.165) is 21.9 Å². The summed E-state index contributed by atoms with van der Waals surface area (Å²) in [5, 5.41) is 0. The number of nitrogens with zero attached hydrogens (tertiary/aromatic N) is 2. The largest absolute Gasteiger partial charge is 0.369 e. The van der Waals surface area contributed by atoms with Gasteiger partial charge in [-0.25, -0.2) is 4.98 Å². The topological polar surface area (TPSA) is 43.8 Å². The average molecular weight is 324 g/mol. The molecule has 0 spiro atoms. The minimum Gasteiger partial charge on any atom is -0.369 e. The Bertz CT molecular complexity index is 606. The van der Waals surface area contributed by atoms with Crippen LogP contribution in [0.2, 0.25) is 0 Å². The quantitative estimate of drug-likeness (QED) is 0.880. The van der Waals surface area contributed by atoms with Crippen LogP contribution in [-0.4, -0.2) is 9.55 Å². The molecule has 19 heavy (non-hydrogen) atoms. The lowest BCUT2D eigenvalue weighted by Crippen LogP contribution is -2.32. The Morgan fingerprint density at radius 1 is 1.21 bits per heavy atom. The third-order valence-electron chi connectivity index (χ3n) is 3.21. The molecule has 0 aliphatic rings. The molecule has 0 atom stereocenters. The van der Waals surface area contributed by atoms with Crippen LogP contribution in [0.4, 0.5) is 5.95 Å². The molecule has 0 amide bonds. The summed E-state index contributed by atoms with van der Waals surface area (Å²) in [5.74, 6) is 0.586. The summed E-state index contributed by atoms with van der Waals surface area (Å²) < 4.78 is 3.18. The second-order valence-corrected chi connectivity index (χ2v) is 7.90. The monoisotopic (exact) mass is 323 g/mol. The second kappa shape index (κ2) is 4.51. The van der Waals surface area contributed by atoms with Gasteiger partial charge in [0.1, 0.15) is 0 Å². The number of anilines is 1. The van der Waals surface area contributed by atoms with Crippen LogP contribution >= 0.6 is 15.9 Å². The zero-order valence-electron chi connectivity index (χ0n) is 12.3. The van der Waals surface area contributed by atoms with Crippen LogP contribution in [0.5, 0.6) is 0 Å². The van der Waals surface area contributed by atoms with Crippen LogP contribution < -0.4 is 5.73 Å². The lowest BCUT2D eigenvalue weighted by atomic mass is 9.81. The number of fused-ring (bicyclic) bond motifs is 1. The number of rotatable bonds is 2. The van der Waals surface area contributed by atoms with E-state index in [0.29, 0.717) is 5.95 Å². The van der Waals surface area contributed by atoms with Crippen LogP contribution in [0.15, 0.2) is 22.7 Å². The number of halogens is 1. The predicted octanol–water partition coefficient (Wildman–Crippen LogP) is 4.55. The van der Waals surface area contributed by atoms with Gasteiger partial charge in [-0.15, -0.1) is 0 Å². The van der Waals surface area contributed by atoms with E-state index < -0.39 is 0 Å². The first-order chi connectivity index (χ1) is 8.60. The highest BCUT2D eigenvalue weighted by atomic mass is 79.9. The van der Waals surface area contributed by atoms with Gasteiger partial charge in [0.25, 0.3) is 0 Å². The highest BCUT2D eigenvalue weighted by molar-refractivity contribution is 9.10. The van der Waals surface area contributed by atoms with Gasteiger partial charge in [-0.05, 0) is 43.9 Å². The molecule has 0 aliphatic heterocycles. The number of hydrogen-bond acceptors (Lipinski definition) is 2. The Balaban J connectivity index is 2.58. The zero-order valence-corrected chi connectivity index (χ0v) is 13.9. The van der Waals surface area contributed by atoms with Crippen molar-refractivity contribution in [1.82, 2.24) is 9.55 Å². The smallest absolute Gasteiger partial charge is 0.201 e. The van der Waals surface area contributed by atoms with Crippen molar-refractivity contribution in [2.45, 2.75) is 46.6 Å². The van der Waals surface area contributed by atoms with Gasteiger partial charge in [0.2, 0.25) is 5.95 Å². The second-order valence-electron chi connectivity index (χ2n) is 6.99. The molecule has 1 aromatic heterocycles. The third kappa shape index (κ3) is 2.94. The fourth-order valence-corrected chi connectivity index (χ4v) is 3.43. The van der Waals surface area contributed by atoms with E-state index >= 15 is 0 Å². The Hall–Kier alpha value is -1.03. The molecular weight excluding hydrogens is 302 g/mol. The summed E-state index contributed by atoms with van der Waals surface area (Å²) in [5.41, 5.74) is 8.35. The number of nitrogens with two attached hydrogens (primary N) is 1. The highest BCUT2D eigenvalue weighted by Gasteiger charge is 2.30. The molecule has 2 rings (SSSR count). The van der Waals surface area contributed by atoms with E-state index in [-0.39, 0.29) is 11.0 Å². The van der Waals surface area contributed by atoms with Crippen molar-refractivity contribution in [3.05, 3.63) is 22.7 Å². The summed E-state index contributed by atoms with van der Waals surface area (Å²) in [6.45, 7) is 11.2. The molecule has 4 heteroatoms. The Morgan fingerprint density at radius 3 is 2.42 bits per heavy atom. The Labute approximate surface area is 123 Å². The van der Waals surface area contributed by atoms with E-state index in [1.54, 1.807) is 0 Å². The molecule has 1 aromatic carbocycles. The molecule has 0 radical (unpaired) electrons. The molecule has 0 bridgehead atoms. The van der Waals surface area contributed by atoms with Gasteiger partial charge in [-0.2, -0.15) is 0 Å². The van der Waals surface area contributed by atoms with Crippen molar-refractivity contribution in [3.8, 4) is 0 Å². The van der Waals surface area contributed by atoms with Crippen molar-refractivity contribution < 1.29 is 0 Å². The van der Waals surface area contributed by atoms with Gasteiger partial charge in [0, 0.05) is 10.0 Å². The van der Waals surface area contributed by atoms with E-state index in [1.807, 2.05) is 12.1 Å². The van der Waals surface area contributed by atoms with Crippen molar-refractivity contribution >= 4 is 32.9 Å². The number of nitrogen functional groups attached to an aromatic ring is 1. The maximum atomic E-state index is 6.14. The summed E-state index contributed by atoms with van der Waals surface area (Å²) in [4.78, 5) is 4.48. The Kier molecular flexibility index (Phi) is 3.42. The van der Waals surface area contributed by atoms with Crippen LogP contribution in [0.25, 0.3) is 11.0 Å². The number of hydrogen-bond donors (Lipinski definition) is 1. The summed E-state index contributed by atoms with van der Waals surface area (Å²) in [6.07, 6.45) is 1.03. The number of imidazole rings is 1. The minimum absolute atomic E-state index is 0.0646. The van der Waals surface area contributed by atoms with Crippen molar-refractivity contribution in [1.29, 1.82) is 0 Å². The molecule has 0 unspecified atom stereocenters. The SMILES string of the molecule is CC(C)(C)CC(C)(C)n1c(N)nc2cc(Br)ccc21.